The highest BCUT2D eigenvalue weighted by Gasteiger charge is 2.13. The first kappa shape index (κ1) is 14.4. The van der Waals surface area contributed by atoms with E-state index in [0.717, 1.165) is 25.9 Å². The van der Waals surface area contributed by atoms with E-state index in [0.29, 0.717) is 18.9 Å². The fourth-order valence-electron chi connectivity index (χ4n) is 1.54. The molecule has 0 rings (SSSR count). The highest BCUT2D eigenvalue weighted by atomic mass is 16.2. The van der Waals surface area contributed by atoms with Gasteiger partial charge in [-0.25, -0.2) is 0 Å². The average molecular weight is 214 g/mol. The van der Waals surface area contributed by atoms with E-state index in [2.05, 4.69) is 13.8 Å². The van der Waals surface area contributed by atoms with Gasteiger partial charge < -0.3 is 10.6 Å². The van der Waals surface area contributed by atoms with Gasteiger partial charge in [-0.3, -0.25) is 4.79 Å². The molecule has 0 aromatic rings. The summed E-state index contributed by atoms with van der Waals surface area (Å²) in [5, 5.41) is 0. The van der Waals surface area contributed by atoms with Gasteiger partial charge in [-0.05, 0) is 25.8 Å². The first-order valence-corrected chi connectivity index (χ1v) is 6.13. The van der Waals surface area contributed by atoms with E-state index in [9.17, 15) is 4.79 Å². The third-order valence-corrected chi connectivity index (χ3v) is 2.66. The van der Waals surface area contributed by atoms with Crippen LogP contribution in [0.15, 0.2) is 0 Å². The molecule has 0 aliphatic carbocycles. The Kier molecular flexibility index (Phi) is 8.38. The number of nitrogens with zero attached hydrogens (tertiary/aromatic N) is 1. The fraction of sp³-hybridized carbons (Fsp3) is 0.917. The van der Waals surface area contributed by atoms with E-state index >= 15 is 0 Å². The molecule has 0 spiro atoms. The summed E-state index contributed by atoms with van der Waals surface area (Å²) in [6, 6.07) is 0. The number of carbonyl (C=O) groups excluding carboxylic acids is 1. The Morgan fingerprint density at radius 3 is 2.47 bits per heavy atom. The third kappa shape index (κ3) is 6.50. The molecule has 0 bridgehead atoms. The predicted octanol–water partition coefficient (Wildman–Crippen LogP) is 2.01. The van der Waals surface area contributed by atoms with Crippen LogP contribution in [0.4, 0.5) is 0 Å². The van der Waals surface area contributed by atoms with Crippen LogP contribution in [0, 0.1) is 5.92 Å². The largest absolute Gasteiger partial charge is 0.343 e. The van der Waals surface area contributed by atoms with Gasteiger partial charge in [0.15, 0.2) is 0 Å². The maximum Gasteiger partial charge on any atom is 0.222 e. The molecular weight excluding hydrogens is 188 g/mol. The lowest BCUT2D eigenvalue weighted by atomic mass is 10.1. The molecule has 0 fully saturated rings. The molecule has 3 nitrogen and oxygen atoms in total. The maximum atomic E-state index is 11.8. The zero-order valence-electron chi connectivity index (χ0n) is 10.5. The molecule has 3 heteroatoms. The molecule has 1 unspecified atom stereocenters. The summed E-state index contributed by atoms with van der Waals surface area (Å²) in [6.07, 6.45) is 4.02. The Balaban J connectivity index is 3.88. The standard InChI is InChI=1S/C12H26N2O/c1-4-6-7-8-12(15)14(5-2)10-11(3)9-13/h11H,4-10,13H2,1-3H3. The minimum Gasteiger partial charge on any atom is -0.343 e. The van der Waals surface area contributed by atoms with Crippen LogP contribution in [0.1, 0.15) is 46.5 Å². The molecule has 0 aromatic carbocycles. The Bertz CT molecular complexity index is 171. The summed E-state index contributed by atoms with van der Waals surface area (Å²) < 4.78 is 0. The second-order valence-corrected chi connectivity index (χ2v) is 4.23. The Morgan fingerprint density at radius 1 is 1.33 bits per heavy atom. The lowest BCUT2D eigenvalue weighted by Gasteiger charge is -2.24. The molecule has 0 radical (unpaired) electrons. The molecule has 90 valence electrons. The summed E-state index contributed by atoms with van der Waals surface area (Å²) in [7, 11) is 0. The van der Waals surface area contributed by atoms with Gasteiger partial charge in [0.1, 0.15) is 0 Å². The molecule has 0 aliphatic rings. The summed E-state index contributed by atoms with van der Waals surface area (Å²) in [5.74, 6) is 0.686. The van der Waals surface area contributed by atoms with Crippen LogP contribution in [0.3, 0.4) is 0 Å². The summed E-state index contributed by atoms with van der Waals surface area (Å²) in [5.41, 5.74) is 5.56. The maximum absolute atomic E-state index is 11.8. The van der Waals surface area contributed by atoms with Crippen molar-refractivity contribution in [2.24, 2.45) is 11.7 Å². The van der Waals surface area contributed by atoms with E-state index in [1.165, 1.54) is 6.42 Å². The topological polar surface area (TPSA) is 46.3 Å². The zero-order valence-corrected chi connectivity index (χ0v) is 10.5. The lowest BCUT2D eigenvalue weighted by molar-refractivity contribution is -0.131. The monoisotopic (exact) mass is 214 g/mol. The van der Waals surface area contributed by atoms with Gasteiger partial charge in [0.25, 0.3) is 0 Å². The van der Waals surface area contributed by atoms with Gasteiger partial charge >= 0.3 is 0 Å². The molecule has 15 heavy (non-hydrogen) atoms. The van der Waals surface area contributed by atoms with Crippen molar-refractivity contribution in [3.05, 3.63) is 0 Å². The lowest BCUT2D eigenvalue weighted by Crippen LogP contribution is -2.36. The minimum atomic E-state index is 0.284. The number of carbonyl (C=O) groups is 1. The van der Waals surface area contributed by atoms with Crippen molar-refractivity contribution in [2.45, 2.75) is 46.5 Å². The van der Waals surface area contributed by atoms with Crippen molar-refractivity contribution in [1.29, 1.82) is 0 Å². The second-order valence-electron chi connectivity index (χ2n) is 4.23. The number of unbranched alkanes of at least 4 members (excludes halogenated alkanes) is 2. The van der Waals surface area contributed by atoms with Crippen LogP contribution < -0.4 is 5.73 Å². The van der Waals surface area contributed by atoms with Gasteiger partial charge in [0.05, 0.1) is 0 Å². The van der Waals surface area contributed by atoms with Crippen molar-refractivity contribution in [3.8, 4) is 0 Å². The number of hydrogen-bond donors (Lipinski definition) is 1. The van der Waals surface area contributed by atoms with Crippen LogP contribution in [0.5, 0.6) is 0 Å². The predicted molar refractivity (Wildman–Crippen MR) is 64.6 cm³/mol. The third-order valence-electron chi connectivity index (χ3n) is 2.66. The normalized spacial score (nSPS) is 12.5. The van der Waals surface area contributed by atoms with Gasteiger partial charge in [-0.1, -0.05) is 26.7 Å². The quantitative estimate of drug-likeness (QED) is 0.628. The minimum absolute atomic E-state index is 0.284. The molecule has 0 aliphatic heterocycles. The Hall–Kier alpha value is -0.570. The first-order valence-electron chi connectivity index (χ1n) is 6.13. The highest BCUT2D eigenvalue weighted by molar-refractivity contribution is 5.76. The molecule has 0 saturated heterocycles. The zero-order chi connectivity index (χ0) is 11.7. The van der Waals surface area contributed by atoms with Crippen LogP contribution >= 0.6 is 0 Å². The molecule has 0 saturated carbocycles. The van der Waals surface area contributed by atoms with Gasteiger partial charge in [0.2, 0.25) is 5.91 Å². The van der Waals surface area contributed by atoms with Crippen molar-refractivity contribution < 1.29 is 4.79 Å². The van der Waals surface area contributed by atoms with E-state index < -0.39 is 0 Å². The van der Waals surface area contributed by atoms with E-state index in [-0.39, 0.29) is 5.91 Å². The van der Waals surface area contributed by atoms with Crippen molar-refractivity contribution in [1.82, 2.24) is 4.90 Å². The van der Waals surface area contributed by atoms with Gasteiger partial charge in [-0.2, -0.15) is 0 Å². The van der Waals surface area contributed by atoms with Crippen molar-refractivity contribution >= 4 is 5.91 Å². The Labute approximate surface area is 94.0 Å². The van der Waals surface area contributed by atoms with Gasteiger partial charge in [-0.15, -0.1) is 0 Å². The molecule has 0 aromatic heterocycles. The van der Waals surface area contributed by atoms with E-state index in [4.69, 9.17) is 5.73 Å². The van der Waals surface area contributed by atoms with Crippen molar-refractivity contribution in [2.75, 3.05) is 19.6 Å². The number of amides is 1. The van der Waals surface area contributed by atoms with E-state index in [1.807, 2.05) is 11.8 Å². The summed E-state index contributed by atoms with van der Waals surface area (Å²) in [4.78, 5) is 13.7. The summed E-state index contributed by atoms with van der Waals surface area (Å²) in [6.45, 7) is 8.52. The fourth-order valence-corrected chi connectivity index (χ4v) is 1.54. The Morgan fingerprint density at radius 2 is 2.00 bits per heavy atom. The average Bonchev–Trinajstić information content (AvgIpc) is 2.25. The van der Waals surface area contributed by atoms with Crippen LogP contribution in [0.2, 0.25) is 0 Å². The van der Waals surface area contributed by atoms with Crippen molar-refractivity contribution in [3.63, 3.8) is 0 Å². The SMILES string of the molecule is CCCCCC(=O)N(CC)CC(C)CN. The van der Waals surface area contributed by atoms with Gasteiger partial charge in [0, 0.05) is 19.5 Å². The molecular formula is C12H26N2O. The molecule has 1 amide bonds. The van der Waals surface area contributed by atoms with E-state index in [1.54, 1.807) is 0 Å². The second kappa shape index (κ2) is 8.72. The molecule has 2 N–H and O–H groups in total. The number of nitrogens with two attached hydrogens (primary N) is 1. The smallest absolute Gasteiger partial charge is 0.222 e. The first-order chi connectivity index (χ1) is 7.15. The molecule has 0 heterocycles. The van der Waals surface area contributed by atoms with Crippen LogP contribution in [-0.4, -0.2) is 30.4 Å². The highest BCUT2D eigenvalue weighted by Crippen LogP contribution is 2.05. The number of rotatable bonds is 8. The summed E-state index contributed by atoms with van der Waals surface area (Å²) >= 11 is 0. The van der Waals surface area contributed by atoms with Crippen LogP contribution in [-0.2, 0) is 4.79 Å². The van der Waals surface area contributed by atoms with Crippen LogP contribution in [0.25, 0.3) is 0 Å². The molecule has 1 atom stereocenters. The number of hydrogen-bond acceptors (Lipinski definition) is 2.